The van der Waals surface area contributed by atoms with Gasteiger partial charge in [-0.15, -0.1) is 0 Å². The van der Waals surface area contributed by atoms with Crippen molar-refractivity contribution < 1.29 is 9.72 Å². The largest absolute Gasteiger partial charge is 0.366 e. The van der Waals surface area contributed by atoms with Gasteiger partial charge in [0.05, 0.1) is 4.92 Å². The molecule has 0 N–H and O–H groups in total. The van der Waals surface area contributed by atoms with E-state index in [-0.39, 0.29) is 16.5 Å². The average Bonchev–Trinajstić information content (AvgIpc) is 3.07. The van der Waals surface area contributed by atoms with Crippen LogP contribution in [0.3, 0.4) is 0 Å². The number of nitrogens with zero attached hydrogens (tertiary/aromatic N) is 3. The van der Waals surface area contributed by atoms with E-state index in [9.17, 15) is 14.9 Å². The quantitative estimate of drug-likeness (QED) is 0.629. The molecule has 2 aliphatic heterocycles. The first-order valence-corrected chi connectivity index (χ1v) is 8.78. The van der Waals surface area contributed by atoms with Gasteiger partial charge in [0.15, 0.2) is 0 Å². The average molecular weight is 331 g/mol. The normalized spacial score (nSPS) is 24.2. The maximum Gasteiger partial charge on any atom is 0.293 e. The number of nitro benzene ring substituents is 1. The standard InChI is InChI=1S/C18H25N3O3/c1-13-9-14(2)12-20(11-13)18(22)15-5-6-16(17(10-15)21(23)24)19-7-3-4-8-19/h5-6,10,13-14H,3-4,7-9,11-12H2,1-2H3/t13-,14-/m1/s1. The van der Waals surface area contributed by atoms with Crippen molar-refractivity contribution in [2.75, 3.05) is 31.1 Å². The van der Waals surface area contributed by atoms with Gasteiger partial charge in [0.1, 0.15) is 5.69 Å². The summed E-state index contributed by atoms with van der Waals surface area (Å²) in [5.41, 5.74) is 1.10. The van der Waals surface area contributed by atoms with E-state index in [0.717, 1.165) is 45.4 Å². The Morgan fingerprint density at radius 1 is 1.17 bits per heavy atom. The lowest BCUT2D eigenvalue weighted by molar-refractivity contribution is -0.384. The third-order valence-electron chi connectivity index (χ3n) is 5.02. The van der Waals surface area contributed by atoms with Crippen LogP contribution in [0.15, 0.2) is 18.2 Å². The van der Waals surface area contributed by atoms with E-state index in [0.29, 0.717) is 23.1 Å². The van der Waals surface area contributed by atoms with Crippen LogP contribution in [0, 0.1) is 22.0 Å². The van der Waals surface area contributed by atoms with E-state index in [2.05, 4.69) is 13.8 Å². The van der Waals surface area contributed by atoms with Gasteiger partial charge in [0.2, 0.25) is 0 Å². The second-order valence-electron chi connectivity index (χ2n) is 7.31. The highest BCUT2D eigenvalue weighted by molar-refractivity contribution is 5.96. The van der Waals surface area contributed by atoms with Crippen molar-refractivity contribution in [1.82, 2.24) is 4.90 Å². The summed E-state index contributed by atoms with van der Waals surface area (Å²) in [6.45, 7) is 7.43. The van der Waals surface area contributed by atoms with Gasteiger partial charge in [-0.05, 0) is 43.2 Å². The van der Waals surface area contributed by atoms with E-state index in [1.54, 1.807) is 12.1 Å². The Morgan fingerprint density at radius 2 is 1.79 bits per heavy atom. The molecule has 24 heavy (non-hydrogen) atoms. The number of hydrogen-bond donors (Lipinski definition) is 0. The van der Waals surface area contributed by atoms with Crippen LogP contribution in [0.25, 0.3) is 0 Å². The second-order valence-corrected chi connectivity index (χ2v) is 7.31. The number of hydrogen-bond acceptors (Lipinski definition) is 4. The maximum atomic E-state index is 12.8. The van der Waals surface area contributed by atoms with Crippen LogP contribution in [0.2, 0.25) is 0 Å². The summed E-state index contributed by atoms with van der Waals surface area (Å²) in [7, 11) is 0. The first kappa shape index (κ1) is 16.7. The number of benzene rings is 1. The smallest absolute Gasteiger partial charge is 0.293 e. The Labute approximate surface area is 142 Å². The summed E-state index contributed by atoms with van der Waals surface area (Å²) in [4.78, 5) is 27.8. The van der Waals surface area contributed by atoms with Crippen molar-refractivity contribution in [2.45, 2.75) is 33.1 Å². The fourth-order valence-electron chi connectivity index (χ4n) is 4.04. The summed E-state index contributed by atoms with van der Waals surface area (Å²) in [5.74, 6) is 0.845. The summed E-state index contributed by atoms with van der Waals surface area (Å²) in [5, 5.41) is 11.5. The number of amides is 1. The molecule has 2 aliphatic rings. The van der Waals surface area contributed by atoms with E-state index in [1.807, 2.05) is 9.80 Å². The van der Waals surface area contributed by atoms with Crippen molar-refractivity contribution in [3.8, 4) is 0 Å². The monoisotopic (exact) mass is 331 g/mol. The van der Waals surface area contributed by atoms with Crippen molar-refractivity contribution in [3.05, 3.63) is 33.9 Å². The molecular weight excluding hydrogens is 306 g/mol. The number of carbonyl (C=O) groups excluding carboxylic acids is 1. The molecule has 1 aromatic carbocycles. The molecule has 2 atom stereocenters. The molecule has 0 spiro atoms. The lowest BCUT2D eigenvalue weighted by atomic mass is 9.91. The molecule has 0 bridgehead atoms. The summed E-state index contributed by atoms with van der Waals surface area (Å²) in [6.07, 6.45) is 3.24. The molecule has 2 fully saturated rings. The summed E-state index contributed by atoms with van der Waals surface area (Å²) >= 11 is 0. The second kappa shape index (κ2) is 6.79. The molecule has 0 aromatic heterocycles. The Hall–Kier alpha value is -2.11. The van der Waals surface area contributed by atoms with E-state index < -0.39 is 0 Å². The Morgan fingerprint density at radius 3 is 2.38 bits per heavy atom. The van der Waals surface area contributed by atoms with Crippen LogP contribution in [0.4, 0.5) is 11.4 Å². The lowest BCUT2D eigenvalue weighted by Crippen LogP contribution is -2.42. The van der Waals surface area contributed by atoms with E-state index in [1.165, 1.54) is 6.07 Å². The molecule has 0 saturated carbocycles. The SMILES string of the molecule is C[C@@H]1C[C@@H](C)CN(C(=O)c2ccc(N3CCCC3)c([N+](=O)[O-])c2)C1. The van der Waals surface area contributed by atoms with Gasteiger partial charge in [0, 0.05) is 37.8 Å². The van der Waals surface area contributed by atoms with Crippen LogP contribution in [-0.2, 0) is 0 Å². The van der Waals surface area contributed by atoms with Gasteiger partial charge in [0.25, 0.3) is 11.6 Å². The molecule has 6 nitrogen and oxygen atoms in total. The zero-order chi connectivity index (χ0) is 17.3. The molecule has 0 aliphatic carbocycles. The number of carbonyl (C=O) groups is 1. The van der Waals surface area contributed by atoms with Crippen molar-refractivity contribution >= 4 is 17.3 Å². The molecular formula is C18H25N3O3. The van der Waals surface area contributed by atoms with E-state index >= 15 is 0 Å². The highest BCUT2D eigenvalue weighted by atomic mass is 16.6. The minimum atomic E-state index is -0.369. The molecule has 2 saturated heterocycles. The lowest BCUT2D eigenvalue weighted by Gasteiger charge is -2.35. The first-order chi connectivity index (χ1) is 11.5. The van der Waals surface area contributed by atoms with Crippen molar-refractivity contribution in [2.24, 2.45) is 11.8 Å². The highest BCUT2D eigenvalue weighted by Gasteiger charge is 2.29. The van der Waals surface area contributed by atoms with Crippen LogP contribution >= 0.6 is 0 Å². The molecule has 130 valence electrons. The van der Waals surface area contributed by atoms with Crippen molar-refractivity contribution in [1.29, 1.82) is 0 Å². The number of anilines is 1. The van der Waals surface area contributed by atoms with Crippen LogP contribution in [-0.4, -0.2) is 41.9 Å². The fourth-order valence-corrected chi connectivity index (χ4v) is 4.04. The number of nitro groups is 1. The minimum Gasteiger partial charge on any atom is -0.366 e. The summed E-state index contributed by atoms with van der Waals surface area (Å²) in [6, 6.07) is 4.94. The van der Waals surface area contributed by atoms with Gasteiger partial charge in [-0.2, -0.15) is 0 Å². The number of rotatable bonds is 3. The third-order valence-corrected chi connectivity index (χ3v) is 5.02. The van der Waals surface area contributed by atoms with Crippen LogP contribution in [0.5, 0.6) is 0 Å². The predicted molar refractivity (Wildman–Crippen MR) is 93.4 cm³/mol. The third kappa shape index (κ3) is 3.37. The molecule has 3 rings (SSSR count). The topological polar surface area (TPSA) is 66.7 Å². The summed E-state index contributed by atoms with van der Waals surface area (Å²) < 4.78 is 0. The predicted octanol–water partition coefficient (Wildman–Crippen LogP) is 3.31. The Kier molecular flexibility index (Phi) is 4.73. The van der Waals surface area contributed by atoms with Gasteiger partial charge in [-0.3, -0.25) is 14.9 Å². The van der Waals surface area contributed by atoms with Gasteiger partial charge >= 0.3 is 0 Å². The number of piperidine rings is 1. The van der Waals surface area contributed by atoms with Crippen LogP contribution < -0.4 is 4.90 Å². The van der Waals surface area contributed by atoms with Gasteiger partial charge in [-0.25, -0.2) is 0 Å². The molecule has 2 heterocycles. The molecule has 1 amide bonds. The highest BCUT2D eigenvalue weighted by Crippen LogP contribution is 2.32. The number of likely N-dealkylation sites (tertiary alicyclic amines) is 1. The van der Waals surface area contributed by atoms with Gasteiger partial charge in [-0.1, -0.05) is 13.8 Å². The Bertz CT molecular complexity index is 630. The van der Waals surface area contributed by atoms with Crippen molar-refractivity contribution in [3.63, 3.8) is 0 Å². The van der Waals surface area contributed by atoms with Crippen LogP contribution in [0.1, 0.15) is 43.5 Å². The zero-order valence-electron chi connectivity index (χ0n) is 14.4. The molecule has 6 heteroatoms. The maximum absolute atomic E-state index is 12.8. The molecule has 0 unspecified atom stereocenters. The molecule has 0 radical (unpaired) electrons. The zero-order valence-corrected chi connectivity index (χ0v) is 14.4. The Balaban J connectivity index is 1.86. The molecule has 1 aromatic rings. The first-order valence-electron chi connectivity index (χ1n) is 8.78. The van der Waals surface area contributed by atoms with E-state index in [4.69, 9.17) is 0 Å². The fraction of sp³-hybridized carbons (Fsp3) is 0.611. The minimum absolute atomic E-state index is 0.0425. The van der Waals surface area contributed by atoms with Gasteiger partial charge < -0.3 is 9.80 Å².